The zero-order valence-corrected chi connectivity index (χ0v) is 27.2. The fourth-order valence-corrected chi connectivity index (χ4v) is 5.55. The molecule has 0 aliphatic heterocycles. The number of unbranched alkanes of at least 4 members (excludes halogenated alkanes) is 7. The maximum absolute atomic E-state index is 12.8. The third-order valence-electron chi connectivity index (χ3n) is 7.11. The molecule has 8 heteroatoms. The second-order valence-corrected chi connectivity index (χ2v) is 11.7. The van der Waals surface area contributed by atoms with E-state index in [0.717, 1.165) is 36.0 Å². The highest BCUT2D eigenvalue weighted by Crippen LogP contribution is 2.31. The zero-order valence-electron chi connectivity index (χ0n) is 26.4. The van der Waals surface area contributed by atoms with Gasteiger partial charge in [-0.1, -0.05) is 64.2 Å². The summed E-state index contributed by atoms with van der Waals surface area (Å²) < 4.78 is 21.5. The summed E-state index contributed by atoms with van der Waals surface area (Å²) in [6.45, 7) is 5.96. The van der Waals surface area contributed by atoms with Crippen molar-refractivity contribution >= 4 is 29.7 Å². The smallest absolute Gasteiger partial charge is 0.343 e. The second-order valence-electron chi connectivity index (χ2n) is 10.6. The van der Waals surface area contributed by atoms with Gasteiger partial charge in [-0.2, -0.15) is 0 Å². The Hall–Kier alpha value is -4.04. The molecule has 0 fully saturated rings. The highest BCUT2D eigenvalue weighted by molar-refractivity contribution is 7.99. The first kappa shape index (κ1) is 35.4. The van der Waals surface area contributed by atoms with E-state index >= 15 is 0 Å². The number of ether oxygens (including phenoxy) is 4. The van der Waals surface area contributed by atoms with Gasteiger partial charge in [-0.15, -0.1) is 11.8 Å². The van der Waals surface area contributed by atoms with Gasteiger partial charge >= 0.3 is 17.9 Å². The molecule has 0 bridgehead atoms. The summed E-state index contributed by atoms with van der Waals surface area (Å²) in [4.78, 5) is 37.5. The van der Waals surface area contributed by atoms with Crippen LogP contribution in [-0.4, -0.2) is 37.4 Å². The van der Waals surface area contributed by atoms with Gasteiger partial charge in [0.1, 0.15) is 17.2 Å². The molecule has 0 saturated heterocycles. The molecule has 0 unspecified atom stereocenters. The topological polar surface area (TPSA) is 88.1 Å². The van der Waals surface area contributed by atoms with Crippen molar-refractivity contribution in [3.8, 4) is 17.2 Å². The molecule has 7 nitrogen and oxygen atoms in total. The van der Waals surface area contributed by atoms with Crippen LogP contribution < -0.4 is 14.2 Å². The molecule has 0 radical (unpaired) electrons. The van der Waals surface area contributed by atoms with Gasteiger partial charge in [0.2, 0.25) is 0 Å². The number of rotatable bonds is 20. The van der Waals surface area contributed by atoms with Gasteiger partial charge in [0.15, 0.2) is 0 Å². The predicted molar refractivity (Wildman–Crippen MR) is 179 cm³/mol. The highest BCUT2D eigenvalue weighted by atomic mass is 32.2. The van der Waals surface area contributed by atoms with Crippen molar-refractivity contribution in [2.24, 2.45) is 0 Å². The Morgan fingerprint density at radius 2 is 1.33 bits per heavy atom. The van der Waals surface area contributed by atoms with E-state index in [-0.39, 0.29) is 0 Å². The number of methoxy groups -OCH3 is 1. The molecule has 240 valence electrons. The van der Waals surface area contributed by atoms with Crippen molar-refractivity contribution in [3.63, 3.8) is 0 Å². The molecule has 3 aromatic carbocycles. The molecule has 0 N–H and O–H groups in total. The number of hydrogen-bond acceptors (Lipinski definition) is 8. The fourth-order valence-electron chi connectivity index (χ4n) is 4.53. The maximum atomic E-state index is 12.8. The van der Waals surface area contributed by atoms with Crippen LogP contribution in [0.1, 0.15) is 91.0 Å². The Morgan fingerprint density at radius 3 is 1.98 bits per heavy atom. The molecule has 0 aromatic heterocycles. The average molecular weight is 633 g/mol. The van der Waals surface area contributed by atoms with Crippen molar-refractivity contribution < 1.29 is 33.3 Å². The van der Waals surface area contributed by atoms with Gasteiger partial charge in [0.05, 0.1) is 24.8 Å². The lowest BCUT2D eigenvalue weighted by Gasteiger charge is -2.11. The number of benzene rings is 3. The molecule has 0 aliphatic rings. The molecule has 0 heterocycles. The molecule has 3 rings (SSSR count). The Labute approximate surface area is 271 Å². The van der Waals surface area contributed by atoms with Crippen LogP contribution in [0.25, 0.3) is 0 Å². The number of carbonyl (C=O) groups is 3. The van der Waals surface area contributed by atoms with Crippen LogP contribution in [-0.2, 0) is 16.0 Å². The molecule has 3 aromatic rings. The van der Waals surface area contributed by atoms with E-state index in [9.17, 15) is 14.4 Å². The SMILES string of the molecule is C=CC(=O)OCCCCSc1ccc(C(=O)Oc2ccc(C(=O)Oc3ccc(CCCCCCCCC)cc3)cc2)cc1OC. The molecule has 0 aliphatic carbocycles. The summed E-state index contributed by atoms with van der Waals surface area (Å²) in [7, 11) is 1.55. The minimum atomic E-state index is -0.541. The van der Waals surface area contributed by atoms with Crippen molar-refractivity contribution in [2.75, 3.05) is 19.5 Å². The van der Waals surface area contributed by atoms with Crippen molar-refractivity contribution in [2.45, 2.75) is 76.0 Å². The standard InChI is InChI=1S/C37H44O7S/c1-4-6-7-8-9-10-11-14-28-15-20-31(21-16-28)43-36(39)29-17-22-32(23-18-29)44-37(40)30-19-24-34(33(27-30)41-3)45-26-13-12-25-42-35(38)5-2/h5,15-24,27H,2,4,6-14,25-26H2,1,3H3. The van der Waals surface area contributed by atoms with Gasteiger partial charge in [-0.3, -0.25) is 0 Å². The van der Waals surface area contributed by atoms with Crippen LogP contribution in [0.15, 0.2) is 84.3 Å². The first-order chi connectivity index (χ1) is 21.9. The maximum Gasteiger partial charge on any atom is 0.343 e. The lowest BCUT2D eigenvalue weighted by Crippen LogP contribution is -2.10. The quantitative estimate of drug-likeness (QED) is 0.0401. The molecular formula is C37H44O7S. The summed E-state index contributed by atoms with van der Waals surface area (Å²) in [5.41, 5.74) is 1.93. The van der Waals surface area contributed by atoms with Crippen LogP contribution >= 0.6 is 11.8 Å². The fraction of sp³-hybridized carbons (Fsp3) is 0.378. The molecule has 0 atom stereocenters. The third-order valence-corrected chi connectivity index (χ3v) is 8.25. The van der Waals surface area contributed by atoms with E-state index in [1.807, 2.05) is 30.3 Å². The van der Waals surface area contributed by atoms with Crippen LogP contribution in [0.3, 0.4) is 0 Å². The van der Waals surface area contributed by atoms with Crippen molar-refractivity contribution in [3.05, 3.63) is 96.1 Å². The lowest BCUT2D eigenvalue weighted by atomic mass is 10.0. The largest absolute Gasteiger partial charge is 0.496 e. The first-order valence-corrected chi connectivity index (χ1v) is 16.7. The number of aryl methyl sites for hydroxylation is 1. The van der Waals surface area contributed by atoms with Crippen LogP contribution in [0.5, 0.6) is 17.2 Å². The van der Waals surface area contributed by atoms with E-state index in [2.05, 4.69) is 13.5 Å². The summed E-state index contributed by atoms with van der Waals surface area (Å²) in [5.74, 6) is 0.714. The molecule has 45 heavy (non-hydrogen) atoms. The van der Waals surface area contributed by atoms with Crippen molar-refractivity contribution in [1.29, 1.82) is 0 Å². The molecule has 0 saturated carbocycles. The van der Waals surface area contributed by atoms with E-state index in [0.29, 0.717) is 35.0 Å². The number of thioether (sulfide) groups is 1. The summed E-state index contributed by atoms with van der Waals surface area (Å²) in [6.07, 6.45) is 12.7. The van der Waals surface area contributed by atoms with Crippen LogP contribution in [0.4, 0.5) is 0 Å². The Balaban J connectivity index is 1.44. The summed E-state index contributed by atoms with van der Waals surface area (Å²) >= 11 is 1.59. The zero-order chi connectivity index (χ0) is 32.3. The van der Waals surface area contributed by atoms with E-state index < -0.39 is 17.9 Å². The summed E-state index contributed by atoms with van der Waals surface area (Å²) in [5, 5.41) is 0. The average Bonchev–Trinajstić information content (AvgIpc) is 3.06. The normalized spacial score (nSPS) is 10.6. The van der Waals surface area contributed by atoms with E-state index in [4.69, 9.17) is 18.9 Å². The van der Waals surface area contributed by atoms with E-state index in [1.165, 1.54) is 50.5 Å². The minimum absolute atomic E-state index is 0.306. The Morgan fingerprint density at radius 1 is 0.733 bits per heavy atom. The predicted octanol–water partition coefficient (Wildman–Crippen LogP) is 9.03. The molecule has 0 amide bonds. The first-order valence-electron chi connectivity index (χ1n) is 15.7. The van der Waals surface area contributed by atoms with Gasteiger partial charge in [0.25, 0.3) is 0 Å². The Bertz CT molecular complexity index is 1370. The summed E-state index contributed by atoms with van der Waals surface area (Å²) in [6, 6.07) is 19.1. The monoisotopic (exact) mass is 632 g/mol. The van der Waals surface area contributed by atoms with Crippen LogP contribution in [0.2, 0.25) is 0 Å². The number of carbonyl (C=O) groups excluding carboxylic acids is 3. The van der Waals surface area contributed by atoms with Crippen LogP contribution in [0, 0.1) is 0 Å². The van der Waals surface area contributed by atoms with Gasteiger partial charge < -0.3 is 18.9 Å². The van der Waals surface area contributed by atoms with Crippen molar-refractivity contribution in [1.82, 2.24) is 0 Å². The highest BCUT2D eigenvalue weighted by Gasteiger charge is 2.14. The second kappa shape index (κ2) is 20.1. The Kier molecular flexibility index (Phi) is 15.8. The molecular weight excluding hydrogens is 588 g/mol. The number of hydrogen-bond donors (Lipinski definition) is 0. The number of esters is 3. The van der Waals surface area contributed by atoms with Gasteiger partial charge in [0, 0.05) is 11.0 Å². The lowest BCUT2D eigenvalue weighted by molar-refractivity contribution is -0.137. The minimum Gasteiger partial charge on any atom is -0.496 e. The van der Waals surface area contributed by atoms with Gasteiger partial charge in [-0.05, 0) is 91.6 Å². The van der Waals surface area contributed by atoms with E-state index in [1.54, 1.807) is 55.3 Å². The molecule has 0 spiro atoms. The van der Waals surface area contributed by atoms with Gasteiger partial charge in [-0.25, -0.2) is 14.4 Å². The third kappa shape index (κ3) is 12.8.